The second kappa shape index (κ2) is 13.9. The van der Waals surface area contributed by atoms with Crippen LogP contribution in [0, 0.1) is 29.1 Å². The van der Waals surface area contributed by atoms with Gasteiger partial charge in [-0.1, -0.05) is 83.9 Å². The van der Waals surface area contributed by atoms with E-state index in [1.54, 1.807) is 5.57 Å². The van der Waals surface area contributed by atoms with Crippen LogP contribution in [-0.2, 0) is 0 Å². The highest BCUT2D eigenvalue weighted by Gasteiger charge is 2.50. The Morgan fingerprint density at radius 3 is 2.21 bits per heavy atom. The molecule has 0 aromatic carbocycles. The maximum Gasteiger partial charge on any atom is 0.0651 e. The zero-order chi connectivity index (χ0) is 25.2. The van der Waals surface area contributed by atoms with Crippen LogP contribution in [-0.4, -0.2) is 21.9 Å². The molecule has 0 amide bonds. The Bertz CT molecular complexity index is 650. The molecule has 33 heavy (non-hydrogen) atoms. The predicted octanol–water partition coefficient (Wildman–Crippen LogP) is 8.64. The molecule has 2 nitrogen and oxygen atoms in total. The fourth-order valence-corrected chi connectivity index (χ4v) is 6.30. The number of rotatable bonds is 5. The minimum Gasteiger partial charge on any atom is -0.393 e. The molecule has 0 spiro atoms. The van der Waals surface area contributed by atoms with E-state index in [2.05, 4.69) is 45.1 Å². The Kier molecular flexibility index (Phi) is 12.7. The maximum absolute atomic E-state index is 10.2. The van der Waals surface area contributed by atoms with Crippen LogP contribution in [0.15, 0.2) is 35.5 Å². The van der Waals surface area contributed by atoms with Crippen LogP contribution in [0.5, 0.6) is 0 Å². The summed E-state index contributed by atoms with van der Waals surface area (Å²) < 4.78 is 0. The lowest BCUT2D eigenvalue weighted by Crippen LogP contribution is -2.35. The third-order valence-corrected chi connectivity index (χ3v) is 8.56. The first-order chi connectivity index (χ1) is 15.6. The molecule has 3 saturated carbocycles. The minimum absolute atomic E-state index is 0.125. The SMILES string of the molecule is CC.CC.C[C@H](/C=C/[C@H](C)C(C)(C)O)C1CCC2/C(=C/C=C3/CCC[C@H](O)C3)CCC[C@@]21C. The van der Waals surface area contributed by atoms with E-state index in [0.29, 0.717) is 17.3 Å². The summed E-state index contributed by atoms with van der Waals surface area (Å²) in [5.41, 5.74) is 2.85. The molecule has 0 bridgehead atoms. The van der Waals surface area contributed by atoms with Gasteiger partial charge in [-0.3, -0.25) is 0 Å². The van der Waals surface area contributed by atoms with Crippen molar-refractivity contribution < 1.29 is 10.2 Å². The Balaban J connectivity index is 0.00000129. The smallest absolute Gasteiger partial charge is 0.0651 e. The molecule has 0 aromatic rings. The molecule has 0 aliphatic heterocycles. The van der Waals surface area contributed by atoms with Gasteiger partial charge in [0.15, 0.2) is 0 Å². The molecule has 0 saturated heterocycles. The molecule has 0 aromatic heterocycles. The molecule has 3 rings (SSSR count). The van der Waals surface area contributed by atoms with Gasteiger partial charge in [-0.05, 0) is 94.8 Å². The molecule has 2 N–H and O–H groups in total. The molecular formula is C31H56O2. The lowest BCUT2D eigenvalue weighted by Gasteiger charge is -2.44. The largest absolute Gasteiger partial charge is 0.393 e. The second-order valence-electron chi connectivity index (χ2n) is 11.1. The van der Waals surface area contributed by atoms with E-state index in [0.717, 1.165) is 31.6 Å². The number of hydrogen-bond acceptors (Lipinski definition) is 2. The topological polar surface area (TPSA) is 40.5 Å². The predicted molar refractivity (Wildman–Crippen MR) is 145 cm³/mol. The van der Waals surface area contributed by atoms with E-state index < -0.39 is 5.60 Å². The van der Waals surface area contributed by atoms with Gasteiger partial charge in [0.25, 0.3) is 0 Å². The lowest BCUT2D eigenvalue weighted by atomic mass is 9.61. The van der Waals surface area contributed by atoms with Crippen molar-refractivity contribution in [3.63, 3.8) is 0 Å². The van der Waals surface area contributed by atoms with Crippen molar-refractivity contribution in [1.29, 1.82) is 0 Å². The quantitative estimate of drug-likeness (QED) is 0.403. The van der Waals surface area contributed by atoms with Crippen LogP contribution in [0.4, 0.5) is 0 Å². The molecule has 3 aliphatic rings. The molecular weight excluding hydrogens is 404 g/mol. The molecule has 3 fully saturated rings. The monoisotopic (exact) mass is 460 g/mol. The Morgan fingerprint density at radius 2 is 1.61 bits per heavy atom. The first kappa shape index (κ1) is 30.2. The number of allylic oxidation sites excluding steroid dienone is 4. The van der Waals surface area contributed by atoms with Crippen molar-refractivity contribution in [2.24, 2.45) is 29.1 Å². The first-order valence-electron chi connectivity index (χ1n) is 14.1. The molecule has 192 valence electrons. The molecule has 6 atom stereocenters. The summed E-state index contributed by atoms with van der Waals surface area (Å²) >= 11 is 0. The number of hydrogen-bond donors (Lipinski definition) is 2. The van der Waals surface area contributed by atoms with Gasteiger partial charge in [0.2, 0.25) is 0 Å². The molecule has 3 aliphatic carbocycles. The van der Waals surface area contributed by atoms with Crippen LogP contribution in [0.1, 0.15) is 120 Å². The van der Waals surface area contributed by atoms with Crippen molar-refractivity contribution in [3.05, 3.63) is 35.5 Å². The van der Waals surface area contributed by atoms with Gasteiger partial charge >= 0.3 is 0 Å². The average molecular weight is 461 g/mol. The molecule has 0 radical (unpaired) electrons. The highest BCUT2D eigenvalue weighted by Crippen LogP contribution is 2.59. The van der Waals surface area contributed by atoms with Gasteiger partial charge in [-0.25, -0.2) is 0 Å². The van der Waals surface area contributed by atoms with Crippen LogP contribution in [0.2, 0.25) is 0 Å². The zero-order valence-electron chi connectivity index (χ0n) is 23.5. The summed E-state index contributed by atoms with van der Waals surface area (Å²) in [4.78, 5) is 0. The summed E-state index contributed by atoms with van der Waals surface area (Å²) in [5.74, 6) is 2.18. The average Bonchev–Trinajstić information content (AvgIpc) is 3.15. The van der Waals surface area contributed by atoms with Crippen molar-refractivity contribution in [2.75, 3.05) is 0 Å². The summed E-state index contributed by atoms with van der Waals surface area (Å²) in [6.45, 7) is 18.8. The summed E-state index contributed by atoms with van der Waals surface area (Å²) in [6, 6.07) is 0. The summed E-state index contributed by atoms with van der Waals surface area (Å²) in [6.07, 6.45) is 19.9. The van der Waals surface area contributed by atoms with Gasteiger partial charge in [-0.15, -0.1) is 0 Å². The van der Waals surface area contributed by atoms with E-state index in [-0.39, 0.29) is 12.0 Å². The van der Waals surface area contributed by atoms with Crippen LogP contribution < -0.4 is 0 Å². The van der Waals surface area contributed by atoms with E-state index >= 15 is 0 Å². The first-order valence-corrected chi connectivity index (χ1v) is 14.1. The van der Waals surface area contributed by atoms with Crippen LogP contribution in [0.25, 0.3) is 0 Å². The van der Waals surface area contributed by atoms with E-state index in [1.807, 2.05) is 41.5 Å². The standard InChI is InChI=1S/C27H44O2.2C2H6/c1-19(11-12-20(2)26(3,4)29)24-15-16-25-22(9-7-17-27(24,25)5)14-13-21-8-6-10-23(28)18-21;2*1-2/h11-14,19-20,23-25,28-29H,6-10,15-18H2,1-5H3;2*1-2H3/b12-11+,21-13-,22-14+;;/t19-,20+,23+,24?,25?,27-;;/m1../s1. The third-order valence-electron chi connectivity index (χ3n) is 8.56. The van der Waals surface area contributed by atoms with Crippen LogP contribution in [0.3, 0.4) is 0 Å². The maximum atomic E-state index is 10.2. The van der Waals surface area contributed by atoms with E-state index in [9.17, 15) is 10.2 Å². The van der Waals surface area contributed by atoms with E-state index in [4.69, 9.17) is 0 Å². The van der Waals surface area contributed by atoms with Gasteiger partial charge < -0.3 is 10.2 Å². The fourth-order valence-electron chi connectivity index (χ4n) is 6.30. The van der Waals surface area contributed by atoms with Crippen molar-refractivity contribution >= 4 is 0 Å². The second-order valence-corrected chi connectivity index (χ2v) is 11.1. The van der Waals surface area contributed by atoms with E-state index in [1.165, 1.54) is 37.7 Å². The van der Waals surface area contributed by atoms with Crippen molar-refractivity contribution in [3.8, 4) is 0 Å². The van der Waals surface area contributed by atoms with Crippen LogP contribution >= 0.6 is 0 Å². The molecule has 2 heteroatoms. The zero-order valence-corrected chi connectivity index (χ0v) is 23.5. The molecule has 2 unspecified atom stereocenters. The third kappa shape index (κ3) is 8.10. The Morgan fingerprint density at radius 1 is 0.939 bits per heavy atom. The van der Waals surface area contributed by atoms with Crippen molar-refractivity contribution in [2.45, 2.75) is 132 Å². The number of aliphatic hydroxyl groups excluding tert-OH is 1. The number of fused-ring (bicyclic) bond motifs is 1. The highest BCUT2D eigenvalue weighted by atomic mass is 16.3. The summed E-state index contributed by atoms with van der Waals surface area (Å²) in [7, 11) is 0. The normalized spacial score (nSPS) is 34.2. The van der Waals surface area contributed by atoms with Gasteiger partial charge in [0, 0.05) is 5.92 Å². The van der Waals surface area contributed by atoms with Gasteiger partial charge in [0.1, 0.15) is 0 Å². The highest BCUT2D eigenvalue weighted by molar-refractivity contribution is 5.26. The van der Waals surface area contributed by atoms with Crippen molar-refractivity contribution in [1.82, 2.24) is 0 Å². The Labute approximate surface area is 206 Å². The summed E-state index contributed by atoms with van der Waals surface area (Å²) in [5, 5.41) is 20.2. The Hall–Kier alpha value is -0.860. The van der Waals surface area contributed by atoms with Gasteiger partial charge in [0.05, 0.1) is 11.7 Å². The minimum atomic E-state index is -0.653. The number of aliphatic hydroxyl groups is 2. The van der Waals surface area contributed by atoms with Gasteiger partial charge in [-0.2, -0.15) is 0 Å². The fraction of sp³-hybridized carbons (Fsp3) is 0.806. The lowest BCUT2D eigenvalue weighted by molar-refractivity contribution is 0.0436. The molecule has 0 heterocycles.